The van der Waals surface area contributed by atoms with Crippen molar-refractivity contribution in [3.63, 3.8) is 0 Å². The van der Waals surface area contributed by atoms with Crippen LogP contribution in [0.3, 0.4) is 0 Å². The highest BCUT2D eigenvalue weighted by Gasteiger charge is 1.97. The molecule has 2 aromatic rings. The summed E-state index contributed by atoms with van der Waals surface area (Å²) in [5.74, 6) is 0.728. The number of rotatable bonds is 4. The summed E-state index contributed by atoms with van der Waals surface area (Å²) in [5, 5.41) is 11.4. The van der Waals surface area contributed by atoms with Crippen LogP contribution in [0.2, 0.25) is 0 Å². The van der Waals surface area contributed by atoms with Crippen LogP contribution in [0.25, 0.3) is 0 Å². The average molecular weight is 228 g/mol. The van der Waals surface area contributed by atoms with Crippen LogP contribution in [-0.4, -0.2) is 16.4 Å². The maximum absolute atomic E-state index is 8.44. The van der Waals surface area contributed by atoms with Crippen LogP contribution in [0.1, 0.15) is 11.1 Å². The third-order valence-corrected chi connectivity index (χ3v) is 2.19. The summed E-state index contributed by atoms with van der Waals surface area (Å²) < 4.78 is 5.60. The highest BCUT2D eigenvalue weighted by Crippen LogP contribution is 2.13. The fraction of sp³-hybridized carbons (Fsp3) is 0.0769. The smallest absolute Gasteiger partial charge is 0.120 e. The van der Waals surface area contributed by atoms with Crippen molar-refractivity contribution in [2.75, 3.05) is 0 Å². The lowest BCUT2D eigenvalue weighted by molar-refractivity contribution is 0.305. The minimum atomic E-state index is 0.466. The van der Waals surface area contributed by atoms with E-state index >= 15 is 0 Å². The standard InChI is InChI=1S/C13H12N2O2/c16-15-9-11-3-1-5-13(7-11)17-10-12-4-2-6-14-8-12/h1-9,16H,10H2/b15-9-. The van der Waals surface area contributed by atoms with Crippen molar-refractivity contribution < 1.29 is 9.94 Å². The topological polar surface area (TPSA) is 54.7 Å². The maximum Gasteiger partial charge on any atom is 0.120 e. The van der Waals surface area contributed by atoms with Gasteiger partial charge in [-0.2, -0.15) is 0 Å². The first kappa shape index (κ1) is 11.1. The molecule has 0 radical (unpaired) electrons. The largest absolute Gasteiger partial charge is 0.489 e. The molecule has 1 N–H and O–H groups in total. The van der Waals surface area contributed by atoms with Gasteiger partial charge in [0.05, 0.1) is 6.21 Å². The number of nitrogens with zero attached hydrogens (tertiary/aromatic N) is 2. The Morgan fingerprint density at radius 3 is 3.00 bits per heavy atom. The van der Waals surface area contributed by atoms with Gasteiger partial charge in [0.1, 0.15) is 12.4 Å². The average Bonchev–Trinajstić information content (AvgIpc) is 2.39. The zero-order valence-corrected chi connectivity index (χ0v) is 9.15. The number of benzene rings is 1. The minimum Gasteiger partial charge on any atom is -0.489 e. The van der Waals surface area contributed by atoms with E-state index in [1.807, 2.05) is 30.3 Å². The molecule has 0 saturated heterocycles. The van der Waals surface area contributed by atoms with Gasteiger partial charge in [0.2, 0.25) is 0 Å². The summed E-state index contributed by atoms with van der Waals surface area (Å²) in [7, 11) is 0. The molecule has 0 fully saturated rings. The second kappa shape index (κ2) is 5.65. The number of aromatic nitrogens is 1. The van der Waals surface area contributed by atoms with Crippen LogP contribution in [0.4, 0.5) is 0 Å². The molecule has 1 heterocycles. The van der Waals surface area contributed by atoms with Gasteiger partial charge in [0.25, 0.3) is 0 Å². The Hall–Kier alpha value is -2.36. The molecule has 2 rings (SSSR count). The van der Waals surface area contributed by atoms with Gasteiger partial charge < -0.3 is 9.94 Å². The molecular formula is C13H12N2O2. The van der Waals surface area contributed by atoms with Crippen molar-refractivity contribution in [2.24, 2.45) is 5.16 Å². The molecule has 0 unspecified atom stereocenters. The zero-order valence-electron chi connectivity index (χ0n) is 9.15. The molecule has 0 aliphatic heterocycles. The Morgan fingerprint density at radius 2 is 2.24 bits per heavy atom. The highest BCUT2D eigenvalue weighted by atomic mass is 16.5. The summed E-state index contributed by atoms with van der Waals surface area (Å²) >= 11 is 0. The molecular weight excluding hydrogens is 216 g/mol. The molecule has 17 heavy (non-hydrogen) atoms. The summed E-state index contributed by atoms with van der Waals surface area (Å²) in [5.41, 5.74) is 1.80. The zero-order chi connectivity index (χ0) is 11.9. The molecule has 0 aliphatic carbocycles. The van der Waals surface area contributed by atoms with Crippen LogP contribution < -0.4 is 4.74 Å². The number of hydrogen-bond donors (Lipinski definition) is 1. The fourth-order valence-electron chi connectivity index (χ4n) is 1.40. The van der Waals surface area contributed by atoms with E-state index in [-0.39, 0.29) is 0 Å². The van der Waals surface area contributed by atoms with E-state index in [0.29, 0.717) is 6.61 Å². The van der Waals surface area contributed by atoms with Crippen molar-refractivity contribution >= 4 is 6.21 Å². The second-order valence-corrected chi connectivity index (χ2v) is 3.47. The summed E-state index contributed by atoms with van der Waals surface area (Å²) in [4.78, 5) is 4.01. The van der Waals surface area contributed by atoms with Gasteiger partial charge in [-0.25, -0.2) is 0 Å². The van der Waals surface area contributed by atoms with E-state index in [4.69, 9.17) is 9.94 Å². The Balaban J connectivity index is 2.02. The molecule has 4 heteroatoms. The highest BCUT2D eigenvalue weighted by molar-refractivity contribution is 5.79. The summed E-state index contributed by atoms with van der Waals surface area (Å²) in [6.45, 7) is 0.466. The monoisotopic (exact) mass is 228 g/mol. The quantitative estimate of drug-likeness (QED) is 0.497. The summed E-state index contributed by atoms with van der Waals surface area (Å²) in [6, 6.07) is 11.1. The lowest BCUT2D eigenvalue weighted by Crippen LogP contribution is -1.96. The maximum atomic E-state index is 8.44. The van der Waals surface area contributed by atoms with Crippen molar-refractivity contribution in [3.05, 3.63) is 59.9 Å². The molecule has 0 aliphatic rings. The van der Waals surface area contributed by atoms with Crippen LogP contribution in [0, 0.1) is 0 Å². The van der Waals surface area contributed by atoms with E-state index in [1.54, 1.807) is 18.5 Å². The predicted octanol–water partition coefficient (Wildman–Crippen LogP) is 2.47. The van der Waals surface area contributed by atoms with E-state index in [9.17, 15) is 0 Å². The molecule has 4 nitrogen and oxygen atoms in total. The van der Waals surface area contributed by atoms with Gasteiger partial charge in [0, 0.05) is 18.0 Å². The Kier molecular flexibility index (Phi) is 3.70. The second-order valence-electron chi connectivity index (χ2n) is 3.47. The SMILES string of the molecule is O/N=C\c1cccc(OCc2cccnc2)c1. The van der Waals surface area contributed by atoms with Gasteiger partial charge in [-0.15, -0.1) is 0 Å². The van der Waals surface area contributed by atoms with E-state index in [0.717, 1.165) is 16.9 Å². The predicted molar refractivity (Wildman–Crippen MR) is 64.4 cm³/mol. The third-order valence-electron chi connectivity index (χ3n) is 2.19. The van der Waals surface area contributed by atoms with Gasteiger partial charge >= 0.3 is 0 Å². The first-order valence-electron chi connectivity index (χ1n) is 5.18. The van der Waals surface area contributed by atoms with Gasteiger partial charge in [-0.1, -0.05) is 23.4 Å². The number of oxime groups is 1. The third kappa shape index (κ3) is 3.31. The van der Waals surface area contributed by atoms with Crippen molar-refractivity contribution in [1.82, 2.24) is 4.98 Å². The summed E-state index contributed by atoms with van der Waals surface area (Å²) in [6.07, 6.45) is 4.85. The molecule has 1 aromatic carbocycles. The lowest BCUT2D eigenvalue weighted by Gasteiger charge is -2.06. The Bertz CT molecular complexity index is 498. The van der Waals surface area contributed by atoms with Crippen LogP contribution in [-0.2, 0) is 6.61 Å². The van der Waals surface area contributed by atoms with E-state index in [1.165, 1.54) is 6.21 Å². The number of hydrogen-bond acceptors (Lipinski definition) is 4. The van der Waals surface area contributed by atoms with E-state index < -0.39 is 0 Å². The van der Waals surface area contributed by atoms with Gasteiger partial charge in [-0.05, 0) is 23.8 Å². The molecule has 86 valence electrons. The molecule has 1 aromatic heterocycles. The Labute approximate surface area is 99.2 Å². The van der Waals surface area contributed by atoms with Crippen LogP contribution >= 0.6 is 0 Å². The number of ether oxygens (including phenoxy) is 1. The van der Waals surface area contributed by atoms with Crippen LogP contribution in [0.5, 0.6) is 5.75 Å². The Morgan fingerprint density at radius 1 is 1.29 bits per heavy atom. The van der Waals surface area contributed by atoms with Crippen molar-refractivity contribution in [3.8, 4) is 5.75 Å². The molecule has 0 amide bonds. The molecule has 0 saturated carbocycles. The van der Waals surface area contributed by atoms with E-state index in [2.05, 4.69) is 10.1 Å². The fourth-order valence-corrected chi connectivity index (χ4v) is 1.40. The van der Waals surface area contributed by atoms with Crippen molar-refractivity contribution in [2.45, 2.75) is 6.61 Å². The lowest BCUT2D eigenvalue weighted by atomic mass is 10.2. The first-order chi connectivity index (χ1) is 8.38. The minimum absolute atomic E-state index is 0.466. The molecule has 0 atom stereocenters. The van der Waals surface area contributed by atoms with Gasteiger partial charge in [-0.3, -0.25) is 4.98 Å². The van der Waals surface area contributed by atoms with Gasteiger partial charge in [0.15, 0.2) is 0 Å². The number of pyridine rings is 1. The molecule has 0 bridgehead atoms. The molecule has 0 spiro atoms. The van der Waals surface area contributed by atoms with Crippen molar-refractivity contribution in [1.29, 1.82) is 0 Å². The first-order valence-corrected chi connectivity index (χ1v) is 5.18. The van der Waals surface area contributed by atoms with Crippen LogP contribution in [0.15, 0.2) is 53.9 Å². The normalized spacial score (nSPS) is 10.6.